The number of amides is 2. The third kappa shape index (κ3) is 6.24. The number of alkyl halides is 3. The Bertz CT molecular complexity index is 1370. The van der Waals surface area contributed by atoms with Crippen LogP contribution in [0.5, 0.6) is 0 Å². The summed E-state index contributed by atoms with van der Waals surface area (Å²) in [4.78, 5) is 38.9. The van der Waals surface area contributed by atoms with Gasteiger partial charge in [0.1, 0.15) is 4.88 Å². The zero-order valence-electron chi connectivity index (χ0n) is 20.2. The Labute approximate surface area is 225 Å². The minimum absolute atomic E-state index is 0.315. The van der Waals surface area contributed by atoms with Gasteiger partial charge >= 0.3 is 6.18 Å². The summed E-state index contributed by atoms with van der Waals surface area (Å²) in [7, 11) is 0. The van der Waals surface area contributed by atoms with Gasteiger partial charge in [-0.05, 0) is 85.7 Å². The number of aromatic nitrogens is 3. The normalized spacial score (nSPS) is 17.9. The molecule has 2 fully saturated rings. The lowest BCUT2D eigenvalue weighted by atomic mass is 9.90. The maximum absolute atomic E-state index is 13.0. The minimum Gasteiger partial charge on any atom is -0.341 e. The molecule has 0 unspecified atom stereocenters. The van der Waals surface area contributed by atoms with Gasteiger partial charge in [-0.2, -0.15) is 13.2 Å². The molecule has 7 nitrogen and oxygen atoms in total. The number of piperidine rings is 1. The summed E-state index contributed by atoms with van der Waals surface area (Å²) in [6.45, 7) is 1.62. The van der Waals surface area contributed by atoms with E-state index in [1.807, 2.05) is 12.1 Å². The van der Waals surface area contributed by atoms with Gasteiger partial charge in [-0.1, -0.05) is 6.07 Å². The lowest BCUT2D eigenvalue weighted by molar-refractivity contribution is -0.134. The highest BCUT2D eigenvalue weighted by molar-refractivity contribution is 8.18. The molecule has 0 aliphatic carbocycles. The number of aryl methyl sites for hydroxylation is 1. The number of anilines is 1. The van der Waals surface area contributed by atoms with E-state index in [-0.39, 0.29) is 5.24 Å². The van der Waals surface area contributed by atoms with Gasteiger partial charge in [0.05, 0.1) is 21.2 Å². The maximum atomic E-state index is 13.0. The number of thioether (sulfide) groups is 1. The summed E-state index contributed by atoms with van der Waals surface area (Å²) >= 11 is 1.59. The topological polar surface area (TPSA) is 88.1 Å². The third-order valence-corrected chi connectivity index (χ3v) is 8.50. The van der Waals surface area contributed by atoms with Crippen LogP contribution in [-0.4, -0.2) is 39.2 Å². The molecule has 2 aliphatic heterocycles. The molecule has 3 aromatic rings. The van der Waals surface area contributed by atoms with E-state index in [1.54, 1.807) is 24.5 Å². The van der Waals surface area contributed by atoms with Crippen molar-refractivity contribution in [1.29, 1.82) is 0 Å². The van der Waals surface area contributed by atoms with E-state index in [0.29, 0.717) is 33.0 Å². The van der Waals surface area contributed by atoms with Crippen LogP contribution >= 0.6 is 23.1 Å². The highest BCUT2D eigenvalue weighted by Gasteiger charge is 2.33. The molecule has 0 radical (unpaired) electrons. The molecule has 2 aliphatic rings. The molecule has 0 saturated carbocycles. The summed E-state index contributed by atoms with van der Waals surface area (Å²) in [6.07, 6.45) is 5.20. The van der Waals surface area contributed by atoms with Crippen LogP contribution in [-0.2, 0) is 17.4 Å². The van der Waals surface area contributed by atoms with Crippen molar-refractivity contribution in [1.82, 2.24) is 20.3 Å². The summed E-state index contributed by atoms with van der Waals surface area (Å²) in [5, 5.41) is 1.84. The van der Waals surface area contributed by atoms with E-state index in [9.17, 15) is 22.8 Å². The van der Waals surface area contributed by atoms with Gasteiger partial charge in [-0.3, -0.25) is 19.9 Å². The molecule has 5 heterocycles. The predicted octanol–water partition coefficient (Wildman–Crippen LogP) is 6.18. The molecule has 0 bridgehead atoms. The van der Waals surface area contributed by atoms with E-state index in [0.717, 1.165) is 79.9 Å². The number of hydrogen-bond acceptors (Lipinski definition) is 8. The van der Waals surface area contributed by atoms with Crippen LogP contribution in [0, 0.1) is 5.92 Å². The zero-order valence-corrected chi connectivity index (χ0v) is 21.8. The van der Waals surface area contributed by atoms with Crippen LogP contribution < -0.4 is 10.2 Å². The fourth-order valence-corrected chi connectivity index (χ4v) is 6.20. The minimum atomic E-state index is -4.34. The van der Waals surface area contributed by atoms with Crippen LogP contribution in [0.4, 0.5) is 23.9 Å². The number of carbonyl (C=O) groups excluding carboxylic acids is 2. The monoisotopic (exact) mass is 559 g/mol. The molecular weight excluding hydrogens is 535 g/mol. The molecule has 38 heavy (non-hydrogen) atoms. The van der Waals surface area contributed by atoms with Gasteiger partial charge in [0.15, 0.2) is 0 Å². The summed E-state index contributed by atoms with van der Waals surface area (Å²) in [6, 6.07) is 8.10. The summed E-state index contributed by atoms with van der Waals surface area (Å²) in [5.74, 6) is 0.724. The molecular formula is C26H24F3N5O2S2. The van der Waals surface area contributed by atoms with Crippen LogP contribution in [0.1, 0.15) is 41.8 Å². The number of nitrogens with one attached hydrogen (secondary N) is 1. The number of rotatable bonds is 7. The Morgan fingerprint density at radius 1 is 1.08 bits per heavy atom. The number of pyridine rings is 1. The van der Waals surface area contributed by atoms with Crippen LogP contribution in [0.3, 0.4) is 0 Å². The van der Waals surface area contributed by atoms with Crippen molar-refractivity contribution < 1.29 is 22.8 Å². The average Bonchev–Trinajstić information content (AvgIpc) is 3.51. The van der Waals surface area contributed by atoms with Gasteiger partial charge in [0.2, 0.25) is 5.95 Å². The quantitative estimate of drug-likeness (QED) is 0.346. The maximum Gasteiger partial charge on any atom is 0.425 e. The van der Waals surface area contributed by atoms with E-state index < -0.39 is 17.0 Å². The zero-order chi connectivity index (χ0) is 26.7. The van der Waals surface area contributed by atoms with Crippen molar-refractivity contribution >= 4 is 46.3 Å². The summed E-state index contributed by atoms with van der Waals surface area (Å²) in [5.41, 5.74) is 2.17. The van der Waals surface area contributed by atoms with Crippen LogP contribution in [0.15, 0.2) is 47.6 Å². The molecule has 0 aromatic carbocycles. The SMILES string of the molecule is O=C1NC(=O)/C(=C/c2ccnc(N3CCC(CCCc4cccnc4-c4ccc(C(F)(F)F)s4)CC3)n2)S1. The average molecular weight is 560 g/mol. The summed E-state index contributed by atoms with van der Waals surface area (Å²) < 4.78 is 39.1. The standard InChI is InChI=1S/C26H24F3N5O2S2/c27-26(28,29)21-7-6-19(37-21)22-17(5-2-11-30-22)4-1-3-16-9-13-34(14-10-16)24-31-12-8-18(32-24)15-20-23(35)33-25(36)38-20/h2,5-8,11-12,15-16H,1,3-4,9-10,13-14H2,(H,33,35,36)/b20-15-. The highest BCUT2D eigenvalue weighted by Crippen LogP contribution is 2.39. The Kier molecular flexibility index (Phi) is 7.80. The van der Waals surface area contributed by atoms with Crippen molar-refractivity contribution in [2.24, 2.45) is 5.92 Å². The van der Waals surface area contributed by atoms with Crippen molar-refractivity contribution in [2.75, 3.05) is 18.0 Å². The van der Waals surface area contributed by atoms with Gasteiger partial charge < -0.3 is 4.90 Å². The van der Waals surface area contributed by atoms with Crippen molar-refractivity contribution in [3.8, 4) is 10.6 Å². The van der Waals surface area contributed by atoms with Crippen molar-refractivity contribution in [2.45, 2.75) is 38.3 Å². The second-order valence-corrected chi connectivity index (χ2v) is 11.2. The first kappa shape index (κ1) is 26.4. The molecule has 2 saturated heterocycles. The number of imide groups is 1. The third-order valence-electron chi connectivity index (χ3n) is 6.55. The first-order valence-corrected chi connectivity index (χ1v) is 13.8. The van der Waals surface area contributed by atoms with Crippen LogP contribution in [0.2, 0.25) is 0 Å². The number of halogens is 3. The molecule has 198 valence electrons. The van der Waals surface area contributed by atoms with Gasteiger partial charge in [-0.25, -0.2) is 9.97 Å². The first-order valence-electron chi connectivity index (χ1n) is 12.2. The first-order chi connectivity index (χ1) is 18.3. The van der Waals surface area contributed by atoms with Crippen molar-refractivity contribution in [3.63, 3.8) is 0 Å². The fourth-order valence-electron chi connectivity index (χ4n) is 4.63. The molecule has 0 spiro atoms. The predicted molar refractivity (Wildman–Crippen MR) is 142 cm³/mol. The molecule has 3 aromatic heterocycles. The molecule has 5 rings (SSSR count). The second kappa shape index (κ2) is 11.2. The molecule has 0 atom stereocenters. The van der Waals surface area contributed by atoms with E-state index in [2.05, 4.69) is 25.2 Å². The van der Waals surface area contributed by atoms with Gasteiger partial charge in [0, 0.05) is 25.5 Å². The largest absolute Gasteiger partial charge is 0.425 e. The number of nitrogens with zero attached hydrogens (tertiary/aromatic N) is 4. The fraction of sp³-hybridized carbons (Fsp3) is 0.346. The van der Waals surface area contributed by atoms with E-state index >= 15 is 0 Å². The molecule has 2 amide bonds. The molecule has 12 heteroatoms. The Morgan fingerprint density at radius 2 is 1.89 bits per heavy atom. The lowest BCUT2D eigenvalue weighted by Gasteiger charge is -2.32. The van der Waals surface area contributed by atoms with Crippen molar-refractivity contribution in [3.05, 3.63) is 63.8 Å². The van der Waals surface area contributed by atoms with E-state index in [1.165, 1.54) is 6.07 Å². The Balaban J connectivity index is 1.14. The number of carbonyl (C=O) groups is 2. The van der Waals surface area contributed by atoms with E-state index in [4.69, 9.17) is 0 Å². The highest BCUT2D eigenvalue weighted by atomic mass is 32.2. The number of thiophene rings is 1. The Hall–Kier alpha value is -3.25. The van der Waals surface area contributed by atoms with Crippen LogP contribution in [0.25, 0.3) is 16.6 Å². The smallest absolute Gasteiger partial charge is 0.341 e. The Morgan fingerprint density at radius 3 is 2.61 bits per heavy atom. The van der Waals surface area contributed by atoms with Gasteiger partial charge in [0.25, 0.3) is 11.1 Å². The second-order valence-electron chi connectivity index (χ2n) is 9.13. The number of hydrogen-bond donors (Lipinski definition) is 1. The molecule has 1 N–H and O–H groups in total. The van der Waals surface area contributed by atoms with Gasteiger partial charge in [-0.15, -0.1) is 11.3 Å². The lowest BCUT2D eigenvalue weighted by Crippen LogP contribution is -2.35.